The molecule has 0 fully saturated rings. The molecule has 1 nitrogen and oxygen atoms in total. The molecule has 0 atom stereocenters. The Morgan fingerprint density at radius 1 is 0.909 bits per heavy atom. The summed E-state index contributed by atoms with van der Waals surface area (Å²) in [5.41, 5.74) is 0. The van der Waals surface area contributed by atoms with Gasteiger partial charge in [-0.25, -0.2) is 0 Å². The molecular formula is C9H22LiN. The first-order valence-corrected chi connectivity index (χ1v) is 4.57. The Balaban J connectivity index is 0. The Hall–Kier alpha value is 0.557. The Bertz CT molecular complexity index is 62.6. The number of hydrogen-bond donors (Lipinski definition) is 0. The fourth-order valence-corrected chi connectivity index (χ4v) is 1.13. The Morgan fingerprint density at radius 2 is 1.45 bits per heavy atom. The van der Waals surface area contributed by atoms with Gasteiger partial charge in [0.25, 0.3) is 0 Å². The molecule has 0 aliphatic heterocycles. The Labute approximate surface area is 83.7 Å². The van der Waals surface area contributed by atoms with Crippen LogP contribution in [0.1, 0.15) is 40.0 Å². The van der Waals surface area contributed by atoms with Gasteiger partial charge in [-0.15, -0.1) is 0 Å². The molecule has 0 aliphatic rings. The van der Waals surface area contributed by atoms with E-state index in [1.807, 2.05) is 0 Å². The van der Waals surface area contributed by atoms with Gasteiger partial charge in [0.1, 0.15) is 0 Å². The van der Waals surface area contributed by atoms with Crippen molar-refractivity contribution < 1.29 is 0 Å². The second-order valence-electron chi connectivity index (χ2n) is 2.73. The van der Waals surface area contributed by atoms with Gasteiger partial charge >= 0.3 is 18.9 Å². The molecule has 0 bridgehead atoms. The van der Waals surface area contributed by atoms with Crippen molar-refractivity contribution in [2.75, 3.05) is 19.6 Å². The first-order chi connectivity index (χ1) is 4.85. The van der Waals surface area contributed by atoms with Crippen LogP contribution in [0.2, 0.25) is 0 Å². The minimum atomic E-state index is 0. The molecule has 0 saturated heterocycles. The summed E-state index contributed by atoms with van der Waals surface area (Å²) in [6.07, 6.45) is 4.09. The zero-order valence-electron chi connectivity index (χ0n) is 7.69. The molecule has 0 radical (unpaired) electrons. The Morgan fingerprint density at radius 3 is 1.82 bits per heavy atom. The predicted octanol–water partition coefficient (Wildman–Crippen LogP) is 1.87. The van der Waals surface area contributed by atoms with Crippen molar-refractivity contribution in [2.24, 2.45) is 0 Å². The van der Waals surface area contributed by atoms with Crippen molar-refractivity contribution in [3.8, 4) is 0 Å². The zero-order valence-corrected chi connectivity index (χ0v) is 7.69. The SMILES string of the molecule is CCCCCN(CC)CC.[LiH]. The normalized spacial score (nSPS) is 9.82. The summed E-state index contributed by atoms with van der Waals surface area (Å²) in [6.45, 7) is 10.4. The summed E-state index contributed by atoms with van der Waals surface area (Å²) in [7, 11) is 0. The van der Waals surface area contributed by atoms with Crippen LogP contribution in [-0.4, -0.2) is 43.4 Å². The number of unbranched alkanes of at least 4 members (excludes halogenated alkanes) is 2. The first-order valence-electron chi connectivity index (χ1n) is 4.57. The summed E-state index contributed by atoms with van der Waals surface area (Å²) >= 11 is 0. The van der Waals surface area contributed by atoms with Gasteiger partial charge in [-0.2, -0.15) is 0 Å². The molecule has 0 aromatic carbocycles. The van der Waals surface area contributed by atoms with Crippen LogP contribution in [0.4, 0.5) is 0 Å². The fourth-order valence-electron chi connectivity index (χ4n) is 1.13. The van der Waals surface area contributed by atoms with Gasteiger partial charge in [-0.05, 0) is 26.1 Å². The monoisotopic (exact) mass is 151 g/mol. The molecule has 0 unspecified atom stereocenters. The molecule has 0 amide bonds. The quantitative estimate of drug-likeness (QED) is 0.414. The van der Waals surface area contributed by atoms with E-state index in [1.165, 1.54) is 38.9 Å². The average molecular weight is 151 g/mol. The molecule has 11 heavy (non-hydrogen) atoms. The number of rotatable bonds is 6. The second kappa shape index (κ2) is 10.6. The van der Waals surface area contributed by atoms with Gasteiger partial charge in [0.05, 0.1) is 0 Å². The standard InChI is InChI=1S/C9H21N.Li.H/c1-4-7-8-9-10(5-2)6-3;;/h4-9H2,1-3H3;;. The van der Waals surface area contributed by atoms with Crippen LogP contribution in [0.5, 0.6) is 0 Å². The van der Waals surface area contributed by atoms with Crippen molar-refractivity contribution in [1.29, 1.82) is 0 Å². The van der Waals surface area contributed by atoms with Crippen LogP contribution in [0.15, 0.2) is 0 Å². The third kappa shape index (κ3) is 8.46. The maximum absolute atomic E-state index is 2.48. The van der Waals surface area contributed by atoms with Crippen LogP contribution < -0.4 is 0 Å². The van der Waals surface area contributed by atoms with E-state index in [2.05, 4.69) is 25.7 Å². The van der Waals surface area contributed by atoms with Crippen LogP contribution in [0.3, 0.4) is 0 Å². The minimum absolute atomic E-state index is 0. The van der Waals surface area contributed by atoms with Crippen LogP contribution in [-0.2, 0) is 0 Å². The topological polar surface area (TPSA) is 3.24 Å². The third-order valence-corrected chi connectivity index (χ3v) is 1.97. The molecule has 0 heterocycles. The molecule has 0 rings (SSSR count). The predicted molar refractivity (Wildman–Crippen MR) is 54.5 cm³/mol. The van der Waals surface area contributed by atoms with E-state index < -0.39 is 0 Å². The van der Waals surface area contributed by atoms with Crippen molar-refractivity contribution in [2.45, 2.75) is 40.0 Å². The summed E-state index contributed by atoms with van der Waals surface area (Å²) in [4.78, 5) is 2.48. The third-order valence-electron chi connectivity index (χ3n) is 1.97. The van der Waals surface area contributed by atoms with E-state index in [0.717, 1.165) is 0 Å². The van der Waals surface area contributed by atoms with Crippen LogP contribution in [0, 0.1) is 0 Å². The van der Waals surface area contributed by atoms with Crippen LogP contribution in [0.25, 0.3) is 0 Å². The van der Waals surface area contributed by atoms with E-state index in [-0.39, 0.29) is 18.9 Å². The van der Waals surface area contributed by atoms with Gasteiger partial charge < -0.3 is 4.90 Å². The fraction of sp³-hybridized carbons (Fsp3) is 1.00. The Kier molecular flexibility index (Phi) is 13.5. The molecule has 2 heteroatoms. The van der Waals surface area contributed by atoms with Gasteiger partial charge in [-0.3, -0.25) is 0 Å². The summed E-state index contributed by atoms with van der Waals surface area (Å²) < 4.78 is 0. The van der Waals surface area contributed by atoms with Gasteiger partial charge in [0.2, 0.25) is 0 Å². The molecule has 0 N–H and O–H groups in total. The van der Waals surface area contributed by atoms with Crippen LogP contribution >= 0.6 is 0 Å². The first kappa shape index (κ1) is 14.1. The van der Waals surface area contributed by atoms with Gasteiger partial charge in [-0.1, -0.05) is 33.6 Å². The molecule has 0 spiro atoms. The van der Waals surface area contributed by atoms with Crippen molar-refractivity contribution in [3.63, 3.8) is 0 Å². The second-order valence-corrected chi connectivity index (χ2v) is 2.73. The van der Waals surface area contributed by atoms with E-state index in [0.29, 0.717) is 0 Å². The number of nitrogens with zero attached hydrogens (tertiary/aromatic N) is 1. The molecule has 0 aromatic heterocycles. The zero-order chi connectivity index (χ0) is 7.82. The van der Waals surface area contributed by atoms with Gasteiger partial charge in [0, 0.05) is 0 Å². The van der Waals surface area contributed by atoms with Gasteiger partial charge in [0.15, 0.2) is 0 Å². The maximum atomic E-state index is 2.48. The van der Waals surface area contributed by atoms with E-state index >= 15 is 0 Å². The molecule has 0 aromatic rings. The molecule has 0 aliphatic carbocycles. The van der Waals surface area contributed by atoms with E-state index in [1.54, 1.807) is 0 Å². The molecular weight excluding hydrogens is 129 g/mol. The van der Waals surface area contributed by atoms with Crippen molar-refractivity contribution >= 4 is 18.9 Å². The number of hydrogen-bond acceptors (Lipinski definition) is 1. The van der Waals surface area contributed by atoms with E-state index in [4.69, 9.17) is 0 Å². The van der Waals surface area contributed by atoms with E-state index in [9.17, 15) is 0 Å². The summed E-state index contributed by atoms with van der Waals surface area (Å²) in [5.74, 6) is 0. The average Bonchev–Trinajstić information content (AvgIpc) is 1.99. The van der Waals surface area contributed by atoms with Crippen molar-refractivity contribution in [1.82, 2.24) is 4.90 Å². The van der Waals surface area contributed by atoms with Crippen molar-refractivity contribution in [3.05, 3.63) is 0 Å². The summed E-state index contributed by atoms with van der Waals surface area (Å²) in [6, 6.07) is 0. The molecule has 64 valence electrons. The summed E-state index contributed by atoms with van der Waals surface area (Å²) in [5, 5.41) is 0. The molecule has 0 saturated carbocycles.